The van der Waals surface area contributed by atoms with Crippen LogP contribution >= 0.6 is 15.9 Å². The third-order valence-corrected chi connectivity index (χ3v) is 7.11. The molecule has 0 aliphatic heterocycles. The lowest BCUT2D eigenvalue weighted by Gasteiger charge is -2.32. The highest BCUT2D eigenvalue weighted by Crippen LogP contribution is 2.46. The quantitative estimate of drug-likeness (QED) is 0.388. The second-order valence-electron chi connectivity index (χ2n) is 9.58. The lowest BCUT2D eigenvalue weighted by atomic mass is 9.84. The number of hydrogen-bond acceptors (Lipinski definition) is 3. The molecule has 0 amide bonds. The van der Waals surface area contributed by atoms with Crippen LogP contribution in [0.2, 0.25) is 0 Å². The van der Waals surface area contributed by atoms with Crippen molar-refractivity contribution in [2.75, 3.05) is 13.7 Å². The SMILES string of the molecule is [C-]#[N+]C1CC(n2c(-c3cccnc3[C@H](C)OC)c(CC(C)(C)CO)c3cc(Br)ccc32)C1. The molecule has 32 heavy (non-hydrogen) atoms. The standard InChI is InChI=1S/C26H30BrN3O2/c1-16(32-5)24-20(7-6-10-29-24)25-22(14-26(2,3)15-31)21-11-17(27)8-9-23(21)30(25)19-12-18(13-19)28-4/h6-11,16,18-19,31H,12-15H2,1-3,5H3/t16-,18?,19?/m0/s1. The molecule has 2 aromatic heterocycles. The van der Waals surface area contributed by atoms with Crippen LogP contribution in [0.1, 0.15) is 57.0 Å². The summed E-state index contributed by atoms with van der Waals surface area (Å²) < 4.78 is 9.12. The Morgan fingerprint density at radius 1 is 1.34 bits per heavy atom. The zero-order chi connectivity index (χ0) is 23.0. The van der Waals surface area contributed by atoms with Gasteiger partial charge in [-0.2, -0.15) is 0 Å². The largest absolute Gasteiger partial charge is 0.396 e. The first-order chi connectivity index (χ1) is 15.3. The number of fused-ring (bicyclic) bond motifs is 1. The fraction of sp³-hybridized carbons (Fsp3) is 0.462. The van der Waals surface area contributed by atoms with Gasteiger partial charge in [-0.05, 0) is 54.7 Å². The molecule has 4 rings (SSSR count). The summed E-state index contributed by atoms with van der Waals surface area (Å²) in [4.78, 5) is 8.47. The Bertz CT molecular complexity index is 1170. The molecular formula is C26H30BrN3O2. The Hall–Kier alpha value is -2.20. The minimum Gasteiger partial charge on any atom is -0.396 e. The number of hydrogen-bond donors (Lipinski definition) is 1. The van der Waals surface area contributed by atoms with Crippen molar-refractivity contribution in [3.8, 4) is 11.3 Å². The van der Waals surface area contributed by atoms with E-state index in [2.05, 4.69) is 63.5 Å². The number of halogens is 1. The maximum Gasteiger partial charge on any atom is 0.227 e. The summed E-state index contributed by atoms with van der Waals surface area (Å²) in [6, 6.07) is 10.9. The van der Waals surface area contributed by atoms with Gasteiger partial charge in [0.25, 0.3) is 0 Å². The molecule has 1 aliphatic rings. The highest BCUT2D eigenvalue weighted by molar-refractivity contribution is 9.10. The maximum atomic E-state index is 10.1. The molecular weight excluding hydrogens is 466 g/mol. The molecule has 1 N–H and O–H groups in total. The first-order valence-electron chi connectivity index (χ1n) is 11.1. The molecule has 1 aliphatic carbocycles. The smallest absolute Gasteiger partial charge is 0.227 e. The third kappa shape index (κ3) is 4.10. The molecule has 0 unspecified atom stereocenters. The van der Waals surface area contributed by atoms with Gasteiger partial charge >= 0.3 is 0 Å². The van der Waals surface area contributed by atoms with Crippen LogP contribution in [0, 0.1) is 12.0 Å². The average Bonchev–Trinajstić information content (AvgIpc) is 3.05. The summed E-state index contributed by atoms with van der Waals surface area (Å²) in [5.74, 6) is 0. The molecule has 2 heterocycles. The van der Waals surface area contributed by atoms with E-state index in [0.29, 0.717) is 0 Å². The molecule has 5 nitrogen and oxygen atoms in total. The van der Waals surface area contributed by atoms with Crippen molar-refractivity contribution >= 4 is 26.8 Å². The van der Waals surface area contributed by atoms with Gasteiger partial charge in [-0.1, -0.05) is 29.8 Å². The molecule has 0 bridgehead atoms. The number of pyridine rings is 1. The second-order valence-corrected chi connectivity index (χ2v) is 10.5. The normalized spacial score (nSPS) is 19.5. The zero-order valence-corrected chi connectivity index (χ0v) is 20.7. The Morgan fingerprint density at radius 3 is 2.75 bits per heavy atom. The second kappa shape index (κ2) is 8.97. The van der Waals surface area contributed by atoms with Crippen molar-refractivity contribution in [2.45, 2.75) is 58.2 Å². The van der Waals surface area contributed by atoms with Gasteiger partial charge in [-0.3, -0.25) is 4.98 Å². The van der Waals surface area contributed by atoms with Crippen LogP contribution in [0.4, 0.5) is 0 Å². The number of methoxy groups -OCH3 is 1. The monoisotopic (exact) mass is 495 g/mol. The van der Waals surface area contributed by atoms with Gasteiger partial charge in [-0.25, -0.2) is 6.57 Å². The predicted octanol–water partition coefficient (Wildman–Crippen LogP) is 6.36. The molecule has 1 atom stereocenters. The lowest BCUT2D eigenvalue weighted by Crippen LogP contribution is -2.29. The summed E-state index contributed by atoms with van der Waals surface area (Å²) in [6.45, 7) is 13.8. The molecule has 0 saturated heterocycles. The van der Waals surface area contributed by atoms with Crippen LogP contribution in [0.25, 0.3) is 27.0 Å². The van der Waals surface area contributed by atoms with Gasteiger partial charge < -0.3 is 19.3 Å². The summed E-state index contributed by atoms with van der Waals surface area (Å²) in [5, 5.41) is 11.3. The number of rotatable bonds is 7. The Kier molecular flexibility index (Phi) is 6.44. The van der Waals surface area contributed by atoms with Crippen LogP contribution in [0.5, 0.6) is 0 Å². The minimum atomic E-state index is -0.274. The maximum absolute atomic E-state index is 10.1. The molecule has 0 spiro atoms. The minimum absolute atomic E-state index is 0.0874. The van der Waals surface area contributed by atoms with Gasteiger partial charge in [0.05, 0.1) is 17.5 Å². The van der Waals surface area contributed by atoms with Crippen molar-refractivity contribution in [1.82, 2.24) is 9.55 Å². The van der Waals surface area contributed by atoms with E-state index in [0.717, 1.165) is 40.7 Å². The van der Waals surface area contributed by atoms with E-state index in [-0.39, 0.29) is 30.2 Å². The third-order valence-electron chi connectivity index (χ3n) is 6.62. The summed E-state index contributed by atoms with van der Waals surface area (Å²) in [5.41, 5.74) is 5.21. The molecule has 3 aromatic rings. The first kappa shape index (κ1) is 23.0. The number of benzene rings is 1. The molecule has 1 aromatic carbocycles. The lowest BCUT2D eigenvalue weighted by molar-refractivity contribution is 0.116. The fourth-order valence-corrected chi connectivity index (χ4v) is 5.03. The van der Waals surface area contributed by atoms with E-state index in [1.165, 1.54) is 16.5 Å². The molecule has 0 radical (unpaired) electrons. The molecule has 1 fully saturated rings. The van der Waals surface area contributed by atoms with Crippen LogP contribution in [-0.2, 0) is 11.2 Å². The van der Waals surface area contributed by atoms with Crippen LogP contribution in [-0.4, -0.2) is 34.4 Å². The highest BCUT2D eigenvalue weighted by atomic mass is 79.9. The van der Waals surface area contributed by atoms with E-state index in [1.54, 1.807) is 7.11 Å². The Morgan fingerprint density at radius 2 is 2.09 bits per heavy atom. The van der Waals surface area contributed by atoms with E-state index in [4.69, 9.17) is 16.3 Å². The van der Waals surface area contributed by atoms with E-state index in [1.807, 2.05) is 19.2 Å². The van der Waals surface area contributed by atoms with Crippen molar-refractivity contribution in [3.05, 3.63) is 63.7 Å². The summed E-state index contributed by atoms with van der Waals surface area (Å²) in [7, 11) is 1.71. The summed E-state index contributed by atoms with van der Waals surface area (Å²) >= 11 is 3.66. The average molecular weight is 496 g/mol. The van der Waals surface area contributed by atoms with Crippen molar-refractivity contribution in [1.29, 1.82) is 0 Å². The highest BCUT2D eigenvalue weighted by Gasteiger charge is 2.39. The van der Waals surface area contributed by atoms with Gasteiger partial charge in [0.1, 0.15) is 0 Å². The van der Waals surface area contributed by atoms with E-state index >= 15 is 0 Å². The molecule has 6 heteroatoms. The topological polar surface area (TPSA) is 51.6 Å². The van der Waals surface area contributed by atoms with E-state index < -0.39 is 0 Å². The van der Waals surface area contributed by atoms with E-state index in [9.17, 15) is 5.11 Å². The number of aromatic nitrogens is 2. The summed E-state index contributed by atoms with van der Waals surface area (Å²) in [6.07, 6.45) is 4.10. The number of nitrogens with zero attached hydrogens (tertiary/aromatic N) is 3. The van der Waals surface area contributed by atoms with Gasteiger partial charge in [0, 0.05) is 59.7 Å². The molecule has 1 saturated carbocycles. The van der Waals surface area contributed by atoms with Crippen molar-refractivity contribution in [2.24, 2.45) is 5.41 Å². The van der Waals surface area contributed by atoms with Crippen LogP contribution in [0.3, 0.4) is 0 Å². The Balaban J connectivity index is 2.05. The number of aliphatic hydroxyl groups is 1. The fourth-order valence-electron chi connectivity index (χ4n) is 4.67. The van der Waals surface area contributed by atoms with Crippen molar-refractivity contribution < 1.29 is 9.84 Å². The number of ether oxygens (including phenoxy) is 1. The van der Waals surface area contributed by atoms with Crippen molar-refractivity contribution in [3.63, 3.8) is 0 Å². The van der Waals surface area contributed by atoms with Crippen LogP contribution < -0.4 is 0 Å². The first-order valence-corrected chi connectivity index (χ1v) is 11.9. The number of aliphatic hydroxyl groups excluding tert-OH is 1. The predicted molar refractivity (Wildman–Crippen MR) is 132 cm³/mol. The molecule has 168 valence electrons. The van der Waals surface area contributed by atoms with Gasteiger partial charge in [0.2, 0.25) is 6.04 Å². The van der Waals surface area contributed by atoms with Crippen LogP contribution in [0.15, 0.2) is 41.0 Å². The van der Waals surface area contributed by atoms with Gasteiger partial charge in [0.15, 0.2) is 0 Å². The zero-order valence-electron chi connectivity index (χ0n) is 19.1. The van der Waals surface area contributed by atoms with Gasteiger partial charge in [-0.15, -0.1) is 0 Å². The Labute approximate surface area is 198 Å².